The van der Waals surface area contributed by atoms with Crippen LogP contribution in [0.1, 0.15) is 18.9 Å². The van der Waals surface area contributed by atoms with E-state index < -0.39 is 0 Å². The minimum absolute atomic E-state index is 0.216. The average molecular weight is 354 g/mol. The summed E-state index contributed by atoms with van der Waals surface area (Å²) in [6.07, 6.45) is 1.18. The van der Waals surface area contributed by atoms with E-state index in [0.29, 0.717) is 12.5 Å². The molecule has 2 aromatic rings. The lowest BCUT2D eigenvalue weighted by atomic mass is 10.1. The molecule has 2 N–H and O–H groups in total. The monoisotopic (exact) mass is 354 g/mol. The molecule has 3 rings (SSSR count). The topological polar surface area (TPSA) is 39.7 Å². The highest BCUT2D eigenvalue weighted by Gasteiger charge is 2.22. The number of anilines is 1. The van der Waals surface area contributed by atoms with Gasteiger partial charge in [0.1, 0.15) is 5.82 Å². The summed E-state index contributed by atoms with van der Waals surface area (Å²) in [4.78, 5) is 7.05. The van der Waals surface area contributed by atoms with Crippen LogP contribution in [0.2, 0.25) is 0 Å². The lowest BCUT2D eigenvalue weighted by molar-refractivity contribution is 0.566. The zero-order chi connectivity index (χ0) is 18.2. The van der Waals surface area contributed by atoms with E-state index in [1.165, 1.54) is 24.2 Å². The Bertz CT molecular complexity index is 700. The van der Waals surface area contributed by atoms with Crippen LogP contribution >= 0.6 is 0 Å². The highest BCUT2D eigenvalue weighted by Crippen LogP contribution is 2.22. The maximum Gasteiger partial charge on any atom is 0.191 e. The molecule has 0 saturated carbocycles. The minimum Gasteiger partial charge on any atom is -0.371 e. The molecule has 1 saturated heterocycles. The minimum atomic E-state index is -0.216. The first kappa shape index (κ1) is 18.2. The van der Waals surface area contributed by atoms with Crippen molar-refractivity contribution in [3.8, 4) is 0 Å². The maximum atomic E-state index is 13.0. The molecule has 4 nitrogen and oxygen atoms in total. The molecule has 5 heteroatoms. The van der Waals surface area contributed by atoms with Gasteiger partial charge >= 0.3 is 0 Å². The van der Waals surface area contributed by atoms with Crippen molar-refractivity contribution in [2.45, 2.75) is 19.9 Å². The molecule has 0 aliphatic carbocycles. The molecule has 1 atom stereocenters. The second-order valence-corrected chi connectivity index (χ2v) is 6.64. The van der Waals surface area contributed by atoms with E-state index in [1.807, 2.05) is 0 Å². The van der Waals surface area contributed by atoms with Crippen LogP contribution in [0.15, 0.2) is 59.6 Å². The predicted molar refractivity (Wildman–Crippen MR) is 106 cm³/mol. The zero-order valence-corrected chi connectivity index (χ0v) is 15.3. The van der Waals surface area contributed by atoms with Crippen molar-refractivity contribution in [2.24, 2.45) is 10.9 Å². The van der Waals surface area contributed by atoms with Gasteiger partial charge in [-0.1, -0.05) is 30.3 Å². The Labute approximate surface area is 155 Å². The van der Waals surface area contributed by atoms with Crippen LogP contribution < -0.4 is 15.5 Å². The van der Waals surface area contributed by atoms with Crippen molar-refractivity contribution < 1.29 is 4.39 Å². The summed E-state index contributed by atoms with van der Waals surface area (Å²) < 4.78 is 13.0. The van der Waals surface area contributed by atoms with Gasteiger partial charge in [-0.05, 0) is 49.1 Å². The number of aliphatic imine (C=N–C) groups is 1. The van der Waals surface area contributed by atoms with E-state index in [2.05, 4.69) is 57.8 Å². The number of nitrogens with one attached hydrogen (secondary N) is 2. The van der Waals surface area contributed by atoms with Crippen LogP contribution in [0, 0.1) is 11.7 Å². The molecule has 0 bridgehead atoms. The molecule has 1 aliphatic rings. The first-order chi connectivity index (χ1) is 12.7. The first-order valence-electron chi connectivity index (χ1n) is 9.31. The van der Waals surface area contributed by atoms with Gasteiger partial charge in [0.25, 0.3) is 0 Å². The van der Waals surface area contributed by atoms with Gasteiger partial charge in [0.2, 0.25) is 0 Å². The lowest BCUT2D eigenvalue weighted by Crippen LogP contribution is -2.40. The number of nitrogens with zero attached hydrogens (tertiary/aromatic N) is 2. The van der Waals surface area contributed by atoms with Crippen LogP contribution in [-0.2, 0) is 6.54 Å². The Kier molecular flexibility index (Phi) is 6.47. The van der Waals surface area contributed by atoms with Crippen LogP contribution in [0.3, 0.4) is 0 Å². The third-order valence-corrected chi connectivity index (χ3v) is 4.64. The third kappa shape index (κ3) is 5.22. The van der Waals surface area contributed by atoms with E-state index in [0.717, 1.165) is 37.7 Å². The largest absolute Gasteiger partial charge is 0.371 e. The summed E-state index contributed by atoms with van der Waals surface area (Å²) in [7, 11) is 0. The smallest absolute Gasteiger partial charge is 0.191 e. The van der Waals surface area contributed by atoms with Gasteiger partial charge in [0, 0.05) is 31.9 Å². The number of halogens is 1. The second kappa shape index (κ2) is 9.22. The third-order valence-electron chi connectivity index (χ3n) is 4.64. The Hall–Kier alpha value is -2.56. The van der Waals surface area contributed by atoms with Gasteiger partial charge in [0.05, 0.1) is 6.54 Å². The van der Waals surface area contributed by atoms with Crippen molar-refractivity contribution in [3.05, 3.63) is 66.0 Å². The molecular formula is C21H27FN4. The summed E-state index contributed by atoms with van der Waals surface area (Å²) >= 11 is 0. The molecule has 1 aliphatic heterocycles. The molecule has 0 radical (unpaired) electrons. The molecule has 0 aromatic heterocycles. The summed E-state index contributed by atoms with van der Waals surface area (Å²) in [5.41, 5.74) is 2.30. The van der Waals surface area contributed by atoms with E-state index in [9.17, 15) is 4.39 Å². The predicted octanol–water partition coefficient (Wildman–Crippen LogP) is 3.41. The number of guanidine groups is 1. The lowest BCUT2D eigenvalue weighted by Gasteiger charge is -2.19. The fraction of sp³-hybridized carbons (Fsp3) is 0.381. The molecule has 1 heterocycles. The Morgan fingerprint density at radius 2 is 1.88 bits per heavy atom. The highest BCUT2D eigenvalue weighted by atomic mass is 19.1. The van der Waals surface area contributed by atoms with Crippen molar-refractivity contribution >= 4 is 11.6 Å². The number of hydrogen-bond acceptors (Lipinski definition) is 2. The van der Waals surface area contributed by atoms with Gasteiger partial charge < -0.3 is 15.5 Å². The van der Waals surface area contributed by atoms with Gasteiger partial charge in [-0.3, -0.25) is 0 Å². The standard InChI is InChI=1S/C21H27FN4/c1-2-23-21(24-14-17-8-10-19(22)11-9-17)25-15-18-12-13-26(16-18)20-6-4-3-5-7-20/h3-11,18H,2,12-16H2,1H3,(H2,23,24,25). The molecule has 2 aromatic carbocycles. The van der Waals surface area contributed by atoms with Gasteiger partial charge in [-0.15, -0.1) is 0 Å². The van der Waals surface area contributed by atoms with E-state index in [-0.39, 0.29) is 5.82 Å². The summed E-state index contributed by atoms with van der Waals surface area (Å²) in [5.74, 6) is 1.20. The Balaban J connectivity index is 1.50. The fourth-order valence-corrected chi connectivity index (χ4v) is 3.22. The second-order valence-electron chi connectivity index (χ2n) is 6.64. The van der Waals surface area contributed by atoms with E-state index in [4.69, 9.17) is 0 Å². The summed E-state index contributed by atoms with van der Waals surface area (Å²) in [6, 6.07) is 17.1. The zero-order valence-electron chi connectivity index (χ0n) is 15.3. The maximum absolute atomic E-state index is 13.0. The SMILES string of the molecule is CCNC(=NCc1ccc(F)cc1)NCC1CCN(c2ccccc2)C1. The summed E-state index contributed by atoms with van der Waals surface area (Å²) in [6.45, 7) is 6.47. The van der Waals surface area contributed by atoms with Crippen molar-refractivity contribution in [3.63, 3.8) is 0 Å². The fourth-order valence-electron chi connectivity index (χ4n) is 3.22. The number of benzene rings is 2. The first-order valence-corrected chi connectivity index (χ1v) is 9.31. The van der Waals surface area contributed by atoms with Gasteiger partial charge in [-0.25, -0.2) is 9.38 Å². The number of rotatable bonds is 6. The van der Waals surface area contributed by atoms with Crippen molar-refractivity contribution in [1.29, 1.82) is 0 Å². The molecule has 26 heavy (non-hydrogen) atoms. The Morgan fingerprint density at radius 1 is 1.12 bits per heavy atom. The van der Waals surface area contributed by atoms with Crippen molar-refractivity contribution in [2.75, 3.05) is 31.1 Å². The molecule has 1 fully saturated rings. The van der Waals surface area contributed by atoms with Crippen LogP contribution in [-0.4, -0.2) is 32.1 Å². The molecule has 0 amide bonds. The molecule has 0 spiro atoms. The van der Waals surface area contributed by atoms with Gasteiger partial charge in [-0.2, -0.15) is 0 Å². The molecule has 1 unspecified atom stereocenters. The molecular weight excluding hydrogens is 327 g/mol. The molecule has 138 valence electrons. The van der Waals surface area contributed by atoms with E-state index in [1.54, 1.807) is 12.1 Å². The quantitative estimate of drug-likeness (QED) is 0.617. The highest BCUT2D eigenvalue weighted by molar-refractivity contribution is 5.79. The van der Waals surface area contributed by atoms with Crippen LogP contribution in [0.5, 0.6) is 0 Å². The van der Waals surface area contributed by atoms with Gasteiger partial charge in [0.15, 0.2) is 5.96 Å². The average Bonchev–Trinajstić information content (AvgIpc) is 3.15. The van der Waals surface area contributed by atoms with Crippen LogP contribution in [0.25, 0.3) is 0 Å². The summed E-state index contributed by atoms with van der Waals surface area (Å²) in [5, 5.41) is 6.74. The normalized spacial score (nSPS) is 17.4. The van der Waals surface area contributed by atoms with Crippen molar-refractivity contribution in [1.82, 2.24) is 10.6 Å². The van der Waals surface area contributed by atoms with E-state index >= 15 is 0 Å². The Morgan fingerprint density at radius 3 is 2.62 bits per heavy atom. The number of hydrogen-bond donors (Lipinski definition) is 2. The number of para-hydroxylation sites is 1. The van der Waals surface area contributed by atoms with Crippen LogP contribution in [0.4, 0.5) is 10.1 Å².